The lowest BCUT2D eigenvalue weighted by Gasteiger charge is -2.01. The van der Waals surface area contributed by atoms with Crippen LogP contribution in [0.2, 0.25) is 0 Å². The van der Waals surface area contributed by atoms with E-state index in [1.807, 2.05) is 0 Å². The second-order valence-corrected chi connectivity index (χ2v) is 2.27. The zero-order chi connectivity index (χ0) is 8.81. The Morgan fingerprint density at radius 1 is 1.50 bits per heavy atom. The molecule has 0 saturated carbocycles. The van der Waals surface area contributed by atoms with Gasteiger partial charge in [-0.05, 0) is 18.2 Å². The Morgan fingerprint density at radius 3 is 2.75 bits per heavy atom. The fourth-order valence-electron chi connectivity index (χ4n) is 0.810. The number of rotatable bonds is 3. The van der Waals surface area contributed by atoms with Gasteiger partial charge in [0.1, 0.15) is 0 Å². The van der Waals surface area contributed by atoms with Crippen molar-refractivity contribution in [2.45, 2.75) is 0 Å². The summed E-state index contributed by atoms with van der Waals surface area (Å²) in [5, 5.41) is 11.0. The summed E-state index contributed by atoms with van der Waals surface area (Å²) in [5.41, 5.74) is 0.585. The molecule has 0 saturated heterocycles. The zero-order valence-corrected chi connectivity index (χ0v) is 6.58. The zero-order valence-electron chi connectivity index (χ0n) is 6.58. The van der Waals surface area contributed by atoms with Crippen molar-refractivity contribution in [1.82, 2.24) is 5.32 Å². The molecule has 1 aromatic rings. The molecule has 0 aromatic heterocycles. The number of aliphatic hydroxyl groups excluding tert-OH is 1. The van der Waals surface area contributed by atoms with Crippen molar-refractivity contribution in [2.75, 3.05) is 13.2 Å². The van der Waals surface area contributed by atoms with E-state index in [2.05, 4.69) is 11.4 Å². The van der Waals surface area contributed by atoms with Crippen LogP contribution >= 0.6 is 0 Å². The van der Waals surface area contributed by atoms with E-state index in [0.717, 1.165) is 0 Å². The van der Waals surface area contributed by atoms with Crippen LogP contribution in [0.25, 0.3) is 0 Å². The Morgan fingerprint density at radius 2 is 2.17 bits per heavy atom. The van der Waals surface area contributed by atoms with E-state index in [1.54, 1.807) is 24.3 Å². The average Bonchev–Trinajstić information content (AvgIpc) is 2.15. The van der Waals surface area contributed by atoms with Crippen molar-refractivity contribution in [3.8, 4) is 0 Å². The molecule has 2 N–H and O–H groups in total. The highest BCUT2D eigenvalue weighted by Gasteiger charge is 2.01. The maximum atomic E-state index is 11.2. The molecule has 0 atom stereocenters. The Balaban J connectivity index is 2.54. The molecular formula is C9H10NO2. The lowest BCUT2D eigenvalue weighted by Crippen LogP contribution is -2.26. The first-order valence-electron chi connectivity index (χ1n) is 3.70. The molecule has 0 aliphatic carbocycles. The molecule has 0 bridgehead atoms. The Kier molecular flexibility index (Phi) is 3.29. The number of benzene rings is 1. The molecule has 0 fully saturated rings. The standard InChI is InChI=1S/C9H10NO2/c11-7-6-10-9(12)8-4-2-1-3-5-8/h2-5,11H,6-7H2,(H,10,12). The highest BCUT2D eigenvalue weighted by Crippen LogP contribution is 1.96. The number of aliphatic hydroxyl groups is 1. The van der Waals surface area contributed by atoms with Gasteiger partial charge < -0.3 is 10.4 Å². The molecule has 63 valence electrons. The van der Waals surface area contributed by atoms with Crippen LogP contribution in [0.3, 0.4) is 0 Å². The number of nitrogens with one attached hydrogen (secondary N) is 1. The quantitative estimate of drug-likeness (QED) is 0.671. The van der Waals surface area contributed by atoms with Gasteiger partial charge in [0, 0.05) is 12.1 Å². The average molecular weight is 164 g/mol. The summed E-state index contributed by atoms with van der Waals surface area (Å²) in [6.07, 6.45) is 0. The van der Waals surface area contributed by atoms with Gasteiger partial charge in [-0.3, -0.25) is 4.79 Å². The lowest BCUT2D eigenvalue weighted by atomic mass is 10.2. The normalized spacial score (nSPS) is 9.42. The van der Waals surface area contributed by atoms with Crippen LogP contribution in [0.15, 0.2) is 24.3 Å². The highest BCUT2D eigenvalue weighted by atomic mass is 16.3. The van der Waals surface area contributed by atoms with Crippen LogP contribution in [-0.2, 0) is 0 Å². The van der Waals surface area contributed by atoms with Crippen LogP contribution < -0.4 is 5.32 Å². The Hall–Kier alpha value is -1.35. The smallest absolute Gasteiger partial charge is 0.251 e. The molecule has 0 spiro atoms. The number of carbonyl (C=O) groups is 1. The summed E-state index contributed by atoms with van der Waals surface area (Å²) in [4.78, 5) is 11.2. The molecule has 0 heterocycles. The van der Waals surface area contributed by atoms with Crippen molar-refractivity contribution < 1.29 is 9.90 Å². The van der Waals surface area contributed by atoms with Gasteiger partial charge in [-0.2, -0.15) is 0 Å². The third-order valence-electron chi connectivity index (χ3n) is 1.38. The molecule has 0 aliphatic rings. The first-order chi connectivity index (χ1) is 5.84. The monoisotopic (exact) mass is 164 g/mol. The van der Waals surface area contributed by atoms with Gasteiger partial charge in [0.25, 0.3) is 5.91 Å². The van der Waals surface area contributed by atoms with Crippen molar-refractivity contribution in [1.29, 1.82) is 0 Å². The molecule has 1 amide bonds. The lowest BCUT2D eigenvalue weighted by molar-refractivity contribution is 0.0945. The van der Waals surface area contributed by atoms with Gasteiger partial charge in [-0.15, -0.1) is 0 Å². The highest BCUT2D eigenvalue weighted by molar-refractivity contribution is 5.94. The minimum absolute atomic E-state index is 0.0370. The predicted octanol–water partition coefficient (Wildman–Crippen LogP) is 0.209. The van der Waals surface area contributed by atoms with Gasteiger partial charge in [-0.25, -0.2) is 0 Å². The van der Waals surface area contributed by atoms with E-state index in [-0.39, 0.29) is 19.1 Å². The number of carbonyl (C=O) groups excluding carboxylic acids is 1. The number of hydrogen-bond donors (Lipinski definition) is 2. The Labute approximate surface area is 71.0 Å². The van der Waals surface area contributed by atoms with Crippen LogP contribution in [0, 0.1) is 6.07 Å². The fourth-order valence-corrected chi connectivity index (χ4v) is 0.810. The molecular weight excluding hydrogens is 154 g/mol. The summed E-state index contributed by atoms with van der Waals surface area (Å²) in [6.45, 7) is 0.252. The van der Waals surface area contributed by atoms with E-state index in [1.165, 1.54) is 0 Å². The van der Waals surface area contributed by atoms with Gasteiger partial charge in [0.05, 0.1) is 6.61 Å². The number of hydrogen-bond acceptors (Lipinski definition) is 2. The maximum Gasteiger partial charge on any atom is 0.251 e. The summed E-state index contributed by atoms with van der Waals surface area (Å²) in [7, 11) is 0. The first kappa shape index (κ1) is 8.74. The number of amides is 1. The van der Waals surface area contributed by atoms with E-state index in [0.29, 0.717) is 5.56 Å². The van der Waals surface area contributed by atoms with E-state index in [4.69, 9.17) is 5.11 Å². The van der Waals surface area contributed by atoms with Gasteiger partial charge in [0.2, 0.25) is 0 Å². The fraction of sp³-hybridized carbons (Fsp3) is 0.222. The largest absolute Gasteiger partial charge is 0.395 e. The van der Waals surface area contributed by atoms with Gasteiger partial charge in [-0.1, -0.05) is 12.1 Å². The summed E-state index contributed by atoms with van der Waals surface area (Å²) in [6, 6.07) is 9.51. The third kappa shape index (κ3) is 2.36. The minimum atomic E-state index is -0.168. The molecule has 0 aliphatic heterocycles. The van der Waals surface area contributed by atoms with Crippen molar-refractivity contribution >= 4 is 5.91 Å². The third-order valence-corrected chi connectivity index (χ3v) is 1.38. The maximum absolute atomic E-state index is 11.2. The van der Waals surface area contributed by atoms with Gasteiger partial charge >= 0.3 is 0 Å². The van der Waals surface area contributed by atoms with E-state index >= 15 is 0 Å². The van der Waals surface area contributed by atoms with E-state index < -0.39 is 0 Å². The molecule has 1 radical (unpaired) electrons. The molecule has 0 unspecified atom stereocenters. The van der Waals surface area contributed by atoms with Crippen LogP contribution in [0.4, 0.5) is 0 Å². The molecule has 1 aromatic carbocycles. The van der Waals surface area contributed by atoms with E-state index in [9.17, 15) is 4.79 Å². The van der Waals surface area contributed by atoms with Gasteiger partial charge in [0.15, 0.2) is 0 Å². The predicted molar refractivity (Wildman–Crippen MR) is 44.7 cm³/mol. The van der Waals surface area contributed by atoms with Crippen LogP contribution in [0.5, 0.6) is 0 Å². The molecule has 3 heteroatoms. The summed E-state index contributed by atoms with van der Waals surface area (Å²) in [5.74, 6) is -0.168. The Bertz CT molecular complexity index is 246. The molecule has 3 nitrogen and oxygen atoms in total. The molecule has 12 heavy (non-hydrogen) atoms. The van der Waals surface area contributed by atoms with Crippen molar-refractivity contribution in [3.63, 3.8) is 0 Å². The van der Waals surface area contributed by atoms with Crippen LogP contribution in [0.1, 0.15) is 10.4 Å². The topological polar surface area (TPSA) is 49.3 Å². The van der Waals surface area contributed by atoms with Crippen LogP contribution in [-0.4, -0.2) is 24.2 Å². The summed E-state index contributed by atoms with van der Waals surface area (Å²) >= 11 is 0. The second-order valence-electron chi connectivity index (χ2n) is 2.27. The second kappa shape index (κ2) is 4.51. The SMILES string of the molecule is O=C(NCCO)c1cc[c]cc1. The van der Waals surface area contributed by atoms with Crippen molar-refractivity contribution in [3.05, 3.63) is 35.9 Å². The minimum Gasteiger partial charge on any atom is -0.395 e. The van der Waals surface area contributed by atoms with Crippen molar-refractivity contribution in [2.24, 2.45) is 0 Å². The first-order valence-corrected chi connectivity index (χ1v) is 3.70. The molecule has 1 rings (SSSR count). The summed E-state index contributed by atoms with van der Waals surface area (Å²) < 4.78 is 0.